The van der Waals surface area contributed by atoms with E-state index in [9.17, 15) is 9.59 Å². The number of benzene rings is 1. The summed E-state index contributed by atoms with van der Waals surface area (Å²) in [4.78, 5) is 31.2. The molecule has 2 amide bonds. The van der Waals surface area contributed by atoms with E-state index < -0.39 is 0 Å². The number of carbonyl (C=O) groups is 2. The number of fused-ring (bicyclic) bond motifs is 1. The number of rotatable bonds is 2. The molecule has 0 radical (unpaired) electrons. The topological polar surface area (TPSA) is 83.6 Å². The van der Waals surface area contributed by atoms with Gasteiger partial charge in [0, 0.05) is 38.4 Å². The van der Waals surface area contributed by atoms with Gasteiger partial charge in [0.05, 0.1) is 12.1 Å². The molecule has 0 atom stereocenters. The van der Waals surface area contributed by atoms with Crippen LogP contribution in [-0.4, -0.2) is 54.5 Å². The van der Waals surface area contributed by atoms with Crippen LogP contribution in [0.5, 0.6) is 5.75 Å². The molecule has 1 aromatic carbocycles. The lowest BCUT2D eigenvalue weighted by Crippen LogP contribution is -2.35. The van der Waals surface area contributed by atoms with Crippen LogP contribution in [0.15, 0.2) is 42.7 Å². The SMILES string of the molecule is Cc1ccc2c(c1)C(=O)NCCN(Cc1cccnc1)CCCC(=O)NCCO2. The highest BCUT2D eigenvalue weighted by molar-refractivity contribution is 5.97. The molecule has 1 aliphatic rings. The maximum absolute atomic E-state index is 12.7. The first-order valence-electron chi connectivity index (χ1n) is 10.0. The average molecular weight is 396 g/mol. The van der Waals surface area contributed by atoms with Gasteiger partial charge in [-0.15, -0.1) is 0 Å². The van der Waals surface area contributed by atoms with E-state index in [1.807, 2.05) is 37.4 Å². The molecule has 7 heteroatoms. The zero-order chi connectivity index (χ0) is 20.5. The molecule has 2 aromatic rings. The normalized spacial score (nSPS) is 17.1. The van der Waals surface area contributed by atoms with Crippen molar-refractivity contribution in [2.24, 2.45) is 0 Å². The molecule has 0 spiro atoms. The van der Waals surface area contributed by atoms with E-state index in [4.69, 9.17) is 4.74 Å². The second kappa shape index (κ2) is 10.6. The van der Waals surface area contributed by atoms with Gasteiger partial charge >= 0.3 is 0 Å². The molecule has 0 saturated heterocycles. The fourth-order valence-corrected chi connectivity index (χ4v) is 3.29. The number of aromatic nitrogens is 1. The Bertz CT molecular complexity index is 826. The maximum atomic E-state index is 12.7. The standard InChI is InChI=1S/C22H28N4O3/c1-17-6-7-20-19(14-17)22(28)25-9-12-26(16-18-4-2-8-23-15-18)11-3-5-21(27)24-10-13-29-20/h2,4,6-8,14-15H,3,5,9-13,16H2,1H3,(H,24,27)(H,25,28). The lowest BCUT2D eigenvalue weighted by molar-refractivity contribution is -0.121. The van der Waals surface area contributed by atoms with E-state index in [-0.39, 0.29) is 11.8 Å². The Labute approximate surface area is 171 Å². The van der Waals surface area contributed by atoms with Crippen LogP contribution in [0.2, 0.25) is 0 Å². The highest BCUT2D eigenvalue weighted by Gasteiger charge is 2.15. The van der Waals surface area contributed by atoms with Gasteiger partial charge in [-0.05, 0) is 43.7 Å². The van der Waals surface area contributed by atoms with Gasteiger partial charge in [-0.2, -0.15) is 0 Å². The van der Waals surface area contributed by atoms with E-state index >= 15 is 0 Å². The van der Waals surface area contributed by atoms with Crippen LogP contribution < -0.4 is 15.4 Å². The first-order valence-corrected chi connectivity index (χ1v) is 10.0. The van der Waals surface area contributed by atoms with Crippen molar-refractivity contribution < 1.29 is 14.3 Å². The van der Waals surface area contributed by atoms with Gasteiger partial charge in [-0.25, -0.2) is 0 Å². The summed E-state index contributed by atoms with van der Waals surface area (Å²) in [6.07, 6.45) is 4.81. The number of nitrogens with one attached hydrogen (secondary N) is 2. The Kier molecular flexibility index (Phi) is 7.58. The monoisotopic (exact) mass is 396 g/mol. The maximum Gasteiger partial charge on any atom is 0.255 e. The lowest BCUT2D eigenvalue weighted by Gasteiger charge is -2.22. The van der Waals surface area contributed by atoms with Crippen molar-refractivity contribution in [2.75, 3.05) is 32.8 Å². The minimum absolute atomic E-state index is 0.0168. The smallest absolute Gasteiger partial charge is 0.255 e. The Hall–Kier alpha value is -2.93. The fourth-order valence-electron chi connectivity index (χ4n) is 3.29. The highest BCUT2D eigenvalue weighted by atomic mass is 16.5. The number of amides is 2. The molecule has 0 bridgehead atoms. The predicted octanol–water partition coefficient (Wildman–Crippen LogP) is 1.91. The molecule has 0 saturated carbocycles. The van der Waals surface area contributed by atoms with Gasteiger partial charge in [0.1, 0.15) is 12.4 Å². The van der Waals surface area contributed by atoms with Gasteiger partial charge in [0.15, 0.2) is 0 Å². The lowest BCUT2D eigenvalue weighted by atomic mass is 10.1. The zero-order valence-electron chi connectivity index (χ0n) is 16.8. The van der Waals surface area contributed by atoms with Crippen molar-refractivity contribution in [1.82, 2.24) is 20.5 Å². The molecular weight excluding hydrogens is 368 g/mol. The third-order valence-corrected chi connectivity index (χ3v) is 4.78. The van der Waals surface area contributed by atoms with Crippen LogP contribution in [0, 0.1) is 6.92 Å². The van der Waals surface area contributed by atoms with E-state index in [0.29, 0.717) is 44.0 Å². The largest absolute Gasteiger partial charge is 0.491 e. The summed E-state index contributed by atoms with van der Waals surface area (Å²) in [5.41, 5.74) is 2.62. The molecular formula is C22H28N4O3. The molecule has 1 aromatic heterocycles. The van der Waals surface area contributed by atoms with Crippen LogP contribution in [0.25, 0.3) is 0 Å². The second-order valence-corrected chi connectivity index (χ2v) is 7.19. The second-order valence-electron chi connectivity index (χ2n) is 7.19. The Balaban J connectivity index is 1.71. The van der Waals surface area contributed by atoms with Crippen LogP contribution in [0.3, 0.4) is 0 Å². The van der Waals surface area contributed by atoms with Crippen LogP contribution in [0.1, 0.15) is 34.3 Å². The van der Waals surface area contributed by atoms with Crippen LogP contribution in [-0.2, 0) is 11.3 Å². The number of nitrogens with zero attached hydrogens (tertiary/aromatic N) is 2. The summed E-state index contributed by atoms with van der Waals surface area (Å²) in [7, 11) is 0. The van der Waals surface area contributed by atoms with Gasteiger partial charge in [0.2, 0.25) is 5.91 Å². The average Bonchev–Trinajstić information content (AvgIpc) is 2.72. The summed E-state index contributed by atoms with van der Waals surface area (Å²) in [6, 6.07) is 9.49. The van der Waals surface area contributed by atoms with Gasteiger partial charge in [-0.1, -0.05) is 17.7 Å². The molecule has 29 heavy (non-hydrogen) atoms. The van der Waals surface area contributed by atoms with Gasteiger partial charge < -0.3 is 15.4 Å². The fraction of sp³-hybridized carbons (Fsp3) is 0.409. The molecule has 1 aliphatic heterocycles. The van der Waals surface area contributed by atoms with E-state index in [0.717, 1.165) is 30.6 Å². The van der Waals surface area contributed by atoms with E-state index in [2.05, 4.69) is 20.5 Å². The summed E-state index contributed by atoms with van der Waals surface area (Å²) < 4.78 is 5.74. The summed E-state index contributed by atoms with van der Waals surface area (Å²) in [6.45, 7) is 5.37. The van der Waals surface area contributed by atoms with Crippen molar-refractivity contribution in [3.8, 4) is 5.75 Å². The zero-order valence-corrected chi connectivity index (χ0v) is 16.8. The van der Waals surface area contributed by atoms with Crippen LogP contribution >= 0.6 is 0 Å². The molecule has 154 valence electrons. The third kappa shape index (κ3) is 6.57. The van der Waals surface area contributed by atoms with E-state index in [1.54, 1.807) is 12.3 Å². The molecule has 2 N–H and O–H groups in total. The summed E-state index contributed by atoms with van der Waals surface area (Å²) >= 11 is 0. The Morgan fingerprint density at radius 1 is 1.14 bits per heavy atom. The van der Waals surface area contributed by atoms with Crippen LogP contribution in [0.4, 0.5) is 0 Å². The first kappa shape index (κ1) is 20.8. The predicted molar refractivity (Wildman–Crippen MR) is 111 cm³/mol. The number of aryl methyl sites for hydroxylation is 1. The van der Waals surface area contributed by atoms with Gasteiger partial charge in [0.25, 0.3) is 5.91 Å². The first-order chi connectivity index (χ1) is 14.1. The van der Waals surface area contributed by atoms with Crippen molar-refractivity contribution in [2.45, 2.75) is 26.3 Å². The molecule has 0 fully saturated rings. The Morgan fingerprint density at radius 2 is 2.03 bits per heavy atom. The van der Waals surface area contributed by atoms with Crippen molar-refractivity contribution in [1.29, 1.82) is 0 Å². The number of pyridine rings is 1. The van der Waals surface area contributed by atoms with E-state index in [1.165, 1.54) is 0 Å². The summed E-state index contributed by atoms with van der Waals surface area (Å²) in [5, 5.41) is 5.88. The number of ether oxygens (including phenoxy) is 1. The molecule has 0 aliphatic carbocycles. The summed E-state index contributed by atoms with van der Waals surface area (Å²) in [5.74, 6) is 0.400. The Morgan fingerprint density at radius 3 is 2.86 bits per heavy atom. The van der Waals surface area contributed by atoms with Crippen molar-refractivity contribution >= 4 is 11.8 Å². The minimum Gasteiger partial charge on any atom is -0.491 e. The minimum atomic E-state index is -0.149. The molecule has 2 heterocycles. The molecule has 3 rings (SSSR count). The highest BCUT2D eigenvalue weighted by Crippen LogP contribution is 2.20. The van der Waals surface area contributed by atoms with Crippen molar-refractivity contribution in [3.63, 3.8) is 0 Å². The number of hydrogen-bond acceptors (Lipinski definition) is 5. The molecule has 0 unspecified atom stereocenters. The quantitative estimate of drug-likeness (QED) is 0.810. The number of carbonyl (C=O) groups excluding carboxylic acids is 2. The molecule has 7 nitrogen and oxygen atoms in total. The third-order valence-electron chi connectivity index (χ3n) is 4.78. The van der Waals surface area contributed by atoms with Gasteiger partial charge in [-0.3, -0.25) is 19.5 Å². The van der Waals surface area contributed by atoms with Crippen molar-refractivity contribution in [3.05, 3.63) is 59.4 Å². The number of hydrogen-bond donors (Lipinski definition) is 2.